The molecule has 2 aliphatic rings. The van der Waals surface area contributed by atoms with Gasteiger partial charge in [0.2, 0.25) is 0 Å². The van der Waals surface area contributed by atoms with Crippen molar-refractivity contribution in [1.29, 1.82) is 0 Å². The number of aromatic nitrogens is 4. The van der Waals surface area contributed by atoms with Crippen LogP contribution in [0.5, 0.6) is 0 Å². The molecule has 5 rings (SSSR count). The average molecular weight is 445 g/mol. The number of nitrogens with zero attached hydrogens (tertiary/aromatic N) is 6. The maximum Gasteiger partial charge on any atom is 0.257 e. The van der Waals surface area contributed by atoms with E-state index in [2.05, 4.69) is 57.5 Å². The number of likely N-dealkylation sites (tertiary alicyclic amines) is 2. The van der Waals surface area contributed by atoms with Crippen LogP contribution in [0.15, 0.2) is 48.7 Å². The summed E-state index contributed by atoms with van der Waals surface area (Å²) in [5.41, 5.74) is 3.69. The zero-order valence-electron chi connectivity index (χ0n) is 19.7. The van der Waals surface area contributed by atoms with E-state index in [0.29, 0.717) is 29.1 Å². The van der Waals surface area contributed by atoms with E-state index in [1.807, 2.05) is 30.9 Å². The van der Waals surface area contributed by atoms with E-state index >= 15 is 0 Å². The Labute approximate surface area is 195 Å². The summed E-state index contributed by atoms with van der Waals surface area (Å²) >= 11 is 0. The Morgan fingerprint density at radius 2 is 1.76 bits per heavy atom. The largest absolute Gasteiger partial charge is 0.338 e. The first-order valence-electron chi connectivity index (χ1n) is 11.9. The molecule has 0 aliphatic carbocycles. The molecule has 2 unspecified atom stereocenters. The highest BCUT2D eigenvalue weighted by molar-refractivity contribution is 5.96. The standard InChI is InChI=1S/C26H32N6O/c1-18(21-8-5-4-6-9-21)11-13-30-14-22-16-31(17-23(22)15-30)26(33)25-19(2)29-32(20(25)3)24-10-7-12-27-28-24/h4-10,12,18,22-23H,11,13-17H2,1-3H3/t18-,22?,23?/m0/s1. The molecule has 4 heterocycles. The predicted molar refractivity (Wildman–Crippen MR) is 127 cm³/mol. The number of fused-ring (bicyclic) bond motifs is 1. The van der Waals surface area contributed by atoms with Crippen molar-refractivity contribution in [2.75, 3.05) is 32.7 Å². The SMILES string of the molecule is Cc1nn(-c2cccnn2)c(C)c1C(=O)N1CC2CN(CC[C@H](C)c3ccccc3)CC2C1. The summed E-state index contributed by atoms with van der Waals surface area (Å²) in [5.74, 6) is 2.43. The lowest BCUT2D eigenvalue weighted by atomic mass is 9.98. The Morgan fingerprint density at radius 1 is 1.03 bits per heavy atom. The first kappa shape index (κ1) is 21.8. The summed E-state index contributed by atoms with van der Waals surface area (Å²) in [5, 5.41) is 12.7. The van der Waals surface area contributed by atoms with Crippen LogP contribution in [0.2, 0.25) is 0 Å². The molecule has 0 N–H and O–H groups in total. The highest BCUT2D eigenvalue weighted by Crippen LogP contribution is 2.33. The van der Waals surface area contributed by atoms with Gasteiger partial charge in [-0.15, -0.1) is 5.10 Å². The van der Waals surface area contributed by atoms with Crippen LogP contribution in [0.3, 0.4) is 0 Å². The highest BCUT2D eigenvalue weighted by atomic mass is 16.2. The van der Waals surface area contributed by atoms with Crippen molar-refractivity contribution in [2.45, 2.75) is 33.1 Å². The molecule has 0 bridgehead atoms. The molecule has 0 saturated carbocycles. The lowest BCUT2D eigenvalue weighted by molar-refractivity contribution is 0.0772. The lowest BCUT2D eigenvalue weighted by Gasteiger charge is -2.23. The Morgan fingerprint density at radius 3 is 2.42 bits per heavy atom. The third-order valence-electron chi connectivity index (χ3n) is 7.38. The number of carbonyl (C=O) groups is 1. The third-order valence-corrected chi connectivity index (χ3v) is 7.38. The van der Waals surface area contributed by atoms with E-state index < -0.39 is 0 Å². The number of aryl methyl sites for hydroxylation is 1. The normalized spacial score (nSPS) is 21.4. The molecule has 3 aromatic rings. The van der Waals surface area contributed by atoms with Gasteiger partial charge in [-0.25, -0.2) is 4.68 Å². The lowest BCUT2D eigenvalue weighted by Crippen LogP contribution is -2.34. The number of benzene rings is 1. The van der Waals surface area contributed by atoms with Crippen LogP contribution in [0.1, 0.15) is 46.6 Å². The second-order valence-corrected chi connectivity index (χ2v) is 9.63. The molecule has 33 heavy (non-hydrogen) atoms. The minimum absolute atomic E-state index is 0.0961. The van der Waals surface area contributed by atoms with Gasteiger partial charge in [0.15, 0.2) is 5.82 Å². The predicted octanol–water partition coefficient (Wildman–Crippen LogP) is 3.48. The average Bonchev–Trinajstić information content (AvgIpc) is 3.49. The number of rotatable bonds is 6. The fourth-order valence-electron chi connectivity index (χ4n) is 5.50. The molecule has 2 saturated heterocycles. The fraction of sp³-hybridized carbons (Fsp3) is 0.462. The number of amides is 1. The van der Waals surface area contributed by atoms with Gasteiger partial charge >= 0.3 is 0 Å². The summed E-state index contributed by atoms with van der Waals surface area (Å²) in [6, 6.07) is 14.5. The fourth-order valence-corrected chi connectivity index (χ4v) is 5.50. The molecular formula is C26H32N6O. The van der Waals surface area contributed by atoms with E-state index in [4.69, 9.17) is 0 Å². The molecule has 2 aromatic heterocycles. The smallest absolute Gasteiger partial charge is 0.257 e. The molecule has 7 heteroatoms. The summed E-state index contributed by atoms with van der Waals surface area (Å²) < 4.78 is 1.72. The van der Waals surface area contributed by atoms with Gasteiger partial charge in [0.25, 0.3) is 5.91 Å². The van der Waals surface area contributed by atoms with Gasteiger partial charge in [-0.2, -0.15) is 10.2 Å². The molecular weight excluding hydrogens is 412 g/mol. The van der Waals surface area contributed by atoms with Gasteiger partial charge in [-0.05, 0) is 62.3 Å². The van der Waals surface area contributed by atoms with Crippen LogP contribution in [0, 0.1) is 25.7 Å². The number of carbonyl (C=O) groups excluding carboxylic acids is 1. The van der Waals surface area contributed by atoms with E-state index in [1.54, 1.807) is 10.9 Å². The number of hydrogen-bond donors (Lipinski definition) is 0. The Balaban J connectivity index is 1.19. The van der Waals surface area contributed by atoms with Crippen molar-refractivity contribution >= 4 is 5.91 Å². The molecule has 3 atom stereocenters. The Bertz CT molecular complexity index is 1100. The van der Waals surface area contributed by atoms with Crippen LogP contribution < -0.4 is 0 Å². The van der Waals surface area contributed by atoms with Gasteiger partial charge in [-0.1, -0.05) is 37.3 Å². The van der Waals surface area contributed by atoms with E-state index in [9.17, 15) is 4.79 Å². The molecule has 2 fully saturated rings. The molecule has 1 aromatic carbocycles. The minimum atomic E-state index is 0.0961. The summed E-state index contributed by atoms with van der Waals surface area (Å²) in [4.78, 5) is 18.1. The minimum Gasteiger partial charge on any atom is -0.338 e. The molecule has 0 spiro atoms. The van der Waals surface area contributed by atoms with E-state index in [-0.39, 0.29) is 5.91 Å². The number of hydrogen-bond acceptors (Lipinski definition) is 5. The van der Waals surface area contributed by atoms with Crippen molar-refractivity contribution in [3.8, 4) is 5.82 Å². The monoisotopic (exact) mass is 444 g/mol. The summed E-state index contributed by atoms with van der Waals surface area (Å²) in [6.45, 7) is 11.1. The molecule has 1 amide bonds. The van der Waals surface area contributed by atoms with Crippen LogP contribution in [0.25, 0.3) is 5.82 Å². The van der Waals surface area contributed by atoms with E-state index in [1.165, 1.54) is 12.0 Å². The first-order chi connectivity index (χ1) is 16.0. The topological polar surface area (TPSA) is 67.2 Å². The molecule has 172 valence electrons. The van der Waals surface area contributed by atoms with Gasteiger partial charge in [0, 0.05) is 32.4 Å². The van der Waals surface area contributed by atoms with Gasteiger partial charge < -0.3 is 9.80 Å². The Hall–Kier alpha value is -3.06. The second-order valence-electron chi connectivity index (χ2n) is 9.63. The zero-order valence-corrected chi connectivity index (χ0v) is 19.7. The van der Waals surface area contributed by atoms with Crippen molar-refractivity contribution < 1.29 is 4.79 Å². The van der Waals surface area contributed by atoms with Gasteiger partial charge in [0.05, 0.1) is 17.0 Å². The summed E-state index contributed by atoms with van der Waals surface area (Å²) in [7, 11) is 0. The summed E-state index contributed by atoms with van der Waals surface area (Å²) in [6.07, 6.45) is 2.81. The van der Waals surface area contributed by atoms with Crippen molar-refractivity contribution in [2.24, 2.45) is 11.8 Å². The Kier molecular flexibility index (Phi) is 5.98. The first-order valence-corrected chi connectivity index (χ1v) is 11.9. The van der Waals surface area contributed by atoms with Crippen LogP contribution in [-0.2, 0) is 0 Å². The third kappa shape index (κ3) is 4.29. The van der Waals surface area contributed by atoms with Gasteiger partial charge in [-0.3, -0.25) is 4.79 Å². The van der Waals surface area contributed by atoms with E-state index in [0.717, 1.165) is 44.1 Å². The van der Waals surface area contributed by atoms with Crippen molar-refractivity contribution in [3.05, 3.63) is 71.2 Å². The maximum atomic E-state index is 13.4. The van der Waals surface area contributed by atoms with Crippen LogP contribution in [0.4, 0.5) is 0 Å². The van der Waals surface area contributed by atoms with Gasteiger partial charge in [0.1, 0.15) is 0 Å². The highest BCUT2D eigenvalue weighted by Gasteiger charge is 2.42. The van der Waals surface area contributed by atoms with Crippen LogP contribution in [-0.4, -0.2) is 68.4 Å². The van der Waals surface area contributed by atoms with Crippen molar-refractivity contribution in [1.82, 2.24) is 29.8 Å². The van der Waals surface area contributed by atoms with Crippen molar-refractivity contribution in [3.63, 3.8) is 0 Å². The quantitative estimate of drug-likeness (QED) is 0.582. The molecule has 7 nitrogen and oxygen atoms in total. The second kappa shape index (κ2) is 9.06. The zero-order chi connectivity index (χ0) is 22.9. The maximum absolute atomic E-state index is 13.4. The molecule has 0 radical (unpaired) electrons. The molecule has 2 aliphatic heterocycles. The van der Waals surface area contributed by atoms with Crippen LogP contribution >= 0.6 is 0 Å².